The number of hydrogen-bond acceptors (Lipinski definition) is 4. The van der Waals surface area contributed by atoms with Gasteiger partial charge < -0.3 is 10.1 Å². The molecular weight excluding hydrogens is 180 g/mol. The Kier molecular flexibility index (Phi) is 3.10. The second kappa shape index (κ2) is 4.52. The lowest BCUT2D eigenvalue weighted by Gasteiger charge is -2.22. The summed E-state index contributed by atoms with van der Waals surface area (Å²) in [4.78, 5) is 0. The Hall–Kier alpha value is -0.940. The molecule has 2 heterocycles. The number of aromatic nitrogens is 3. The topological polar surface area (TPSA) is 52.0 Å². The second-order valence-corrected chi connectivity index (χ2v) is 3.64. The molecule has 0 saturated carbocycles. The highest BCUT2D eigenvalue weighted by molar-refractivity contribution is 4.93. The minimum Gasteiger partial charge on any atom is -0.380 e. The quantitative estimate of drug-likeness (QED) is 0.744. The maximum absolute atomic E-state index is 5.38. The number of ether oxygens (including phenoxy) is 1. The summed E-state index contributed by atoms with van der Waals surface area (Å²) < 4.78 is 7.17. The van der Waals surface area contributed by atoms with E-state index >= 15 is 0 Å². The molecule has 0 radical (unpaired) electrons. The van der Waals surface area contributed by atoms with Crippen molar-refractivity contribution >= 4 is 0 Å². The van der Waals surface area contributed by atoms with Crippen LogP contribution in [0, 0.1) is 0 Å². The second-order valence-electron chi connectivity index (χ2n) is 3.64. The first-order chi connectivity index (χ1) is 6.86. The fraction of sp³-hybridized carbons (Fsp3) is 0.778. The summed E-state index contributed by atoms with van der Waals surface area (Å²) in [5, 5.41) is 11.1. The van der Waals surface area contributed by atoms with E-state index in [1.165, 1.54) is 6.42 Å². The van der Waals surface area contributed by atoms with Crippen LogP contribution in [0.4, 0.5) is 0 Å². The molecule has 1 aromatic heterocycles. The summed E-state index contributed by atoms with van der Waals surface area (Å²) in [5.41, 5.74) is 1.11. The molecule has 0 spiro atoms. The molecule has 2 rings (SSSR count). The molecule has 78 valence electrons. The molecule has 1 aliphatic heterocycles. The minimum absolute atomic E-state index is 0.485. The van der Waals surface area contributed by atoms with Crippen LogP contribution in [0.25, 0.3) is 0 Å². The summed E-state index contributed by atoms with van der Waals surface area (Å²) in [6.45, 7) is 2.55. The zero-order valence-electron chi connectivity index (χ0n) is 8.44. The molecule has 0 bridgehead atoms. The Morgan fingerprint density at radius 2 is 2.64 bits per heavy atom. The smallest absolute Gasteiger partial charge is 0.0738 e. The maximum Gasteiger partial charge on any atom is 0.0738 e. The van der Waals surface area contributed by atoms with Crippen LogP contribution in [0.5, 0.6) is 0 Å². The molecule has 1 atom stereocenters. The number of aryl methyl sites for hydroxylation is 1. The fourth-order valence-corrected chi connectivity index (χ4v) is 1.62. The molecule has 1 fully saturated rings. The zero-order chi connectivity index (χ0) is 9.80. The minimum atomic E-state index is 0.485. The summed E-state index contributed by atoms with van der Waals surface area (Å²) in [6, 6.07) is 0.485. The highest BCUT2D eigenvalue weighted by Crippen LogP contribution is 2.06. The Morgan fingerprint density at radius 1 is 1.71 bits per heavy atom. The van der Waals surface area contributed by atoms with Gasteiger partial charge in [0.15, 0.2) is 0 Å². The van der Waals surface area contributed by atoms with Gasteiger partial charge in [-0.1, -0.05) is 5.21 Å². The molecule has 1 N–H and O–H groups in total. The molecule has 1 unspecified atom stereocenters. The molecule has 14 heavy (non-hydrogen) atoms. The van der Waals surface area contributed by atoms with E-state index in [1.807, 2.05) is 7.05 Å². The first kappa shape index (κ1) is 9.61. The Morgan fingerprint density at radius 3 is 3.29 bits per heavy atom. The van der Waals surface area contributed by atoms with Crippen molar-refractivity contribution in [2.24, 2.45) is 7.05 Å². The third-order valence-electron chi connectivity index (χ3n) is 2.54. The van der Waals surface area contributed by atoms with Crippen LogP contribution in [0.2, 0.25) is 0 Å². The number of nitrogens with zero attached hydrogens (tertiary/aromatic N) is 3. The van der Waals surface area contributed by atoms with Gasteiger partial charge in [0.05, 0.1) is 18.5 Å². The highest BCUT2D eigenvalue weighted by atomic mass is 16.5. The van der Waals surface area contributed by atoms with Gasteiger partial charge in [-0.2, -0.15) is 0 Å². The van der Waals surface area contributed by atoms with Crippen molar-refractivity contribution in [3.8, 4) is 0 Å². The van der Waals surface area contributed by atoms with Crippen molar-refractivity contribution in [1.29, 1.82) is 0 Å². The van der Waals surface area contributed by atoms with Gasteiger partial charge in [0.25, 0.3) is 0 Å². The van der Waals surface area contributed by atoms with Gasteiger partial charge in [0, 0.05) is 26.2 Å². The van der Waals surface area contributed by atoms with Crippen molar-refractivity contribution < 1.29 is 4.74 Å². The molecular formula is C9H16N4O. The molecule has 1 saturated heterocycles. The van der Waals surface area contributed by atoms with Crippen molar-refractivity contribution in [1.82, 2.24) is 20.3 Å². The molecule has 5 heteroatoms. The van der Waals surface area contributed by atoms with Crippen molar-refractivity contribution in [3.63, 3.8) is 0 Å². The predicted octanol–water partition coefficient (Wildman–Crippen LogP) is 0.0837. The lowest BCUT2D eigenvalue weighted by Crippen LogP contribution is -2.36. The van der Waals surface area contributed by atoms with E-state index in [0.29, 0.717) is 6.04 Å². The van der Waals surface area contributed by atoms with Crippen LogP contribution in [-0.4, -0.2) is 34.2 Å². The van der Waals surface area contributed by atoms with Gasteiger partial charge in [-0.05, 0) is 12.8 Å². The Labute approximate surface area is 83.4 Å². The monoisotopic (exact) mass is 196 g/mol. The first-order valence-corrected chi connectivity index (χ1v) is 5.01. The van der Waals surface area contributed by atoms with Crippen molar-refractivity contribution in [2.45, 2.75) is 25.4 Å². The number of nitrogens with one attached hydrogen (secondary N) is 1. The predicted molar refractivity (Wildman–Crippen MR) is 51.7 cm³/mol. The van der Waals surface area contributed by atoms with E-state index in [-0.39, 0.29) is 0 Å². The summed E-state index contributed by atoms with van der Waals surface area (Å²) in [5.74, 6) is 0. The van der Waals surface area contributed by atoms with Crippen LogP contribution in [0.1, 0.15) is 18.5 Å². The van der Waals surface area contributed by atoms with E-state index in [9.17, 15) is 0 Å². The largest absolute Gasteiger partial charge is 0.380 e. The molecule has 1 aliphatic rings. The normalized spacial score (nSPS) is 22.5. The van der Waals surface area contributed by atoms with E-state index < -0.39 is 0 Å². The maximum atomic E-state index is 5.38. The molecule has 0 amide bonds. The number of rotatable bonds is 3. The fourth-order valence-electron chi connectivity index (χ4n) is 1.62. The lowest BCUT2D eigenvalue weighted by atomic mass is 10.1. The first-order valence-electron chi connectivity index (χ1n) is 5.01. The average Bonchev–Trinajstić information content (AvgIpc) is 2.63. The molecule has 0 aromatic carbocycles. The third kappa shape index (κ3) is 2.30. The van der Waals surface area contributed by atoms with Gasteiger partial charge >= 0.3 is 0 Å². The van der Waals surface area contributed by atoms with Crippen molar-refractivity contribution in [3.05, 3.63) is 11.9 Å². The molecule has 1 aromatic rings. The van der Waals surface area contributed by atoms with E-state index in [0.717, 1.165) is 31.9 Å². The van der Waals surface area contributed by atoms with Crippen LogP contribution < -0.4 is 5.32 Å². The van der Waals surface area contributed by atoms with Crippen LogP contribution in [0.3, 0.4) is 0 Å². The summed E-state index contributed by atoms with van der Waals surface area (Å²) in [6.07, 6.45) is 4.14. The zero-order valence-corrected chi connectivity index (χ0v) is 8.44. The Bertz CT molecular complexity index is 280. The Balaban J connectivity index is 1.79. The highest BCUT2D eigenvalue weighted by Gasteiger charge is 2.13. The lowest BCUT2D eigenvalue weighted by molar-refractivity contribution is 0.0697. The van der Waals surface area contributed by atoms with Gasteiger partial charge in [-0.3, -0.25) is 4.68 Å². The van der Waals surface area contributed by atoms with Gasteiger partial charge in [-0.25, -0.2) is 0 Å². The van der Waals surface area contributed by atoms with E-state index in [1.54, 1.807) is 10.9 Å². The van der Waals surface area contributed by atoms with Crippen LogP contribution in [-0.2, 0) is 18.3 Å². The van der Waals surface area contributed by atoms with Gasteiger partial charge in [0.1, 0.15) is 0 Å². The van der Waals surface area contributed by atoms with E-state index in [2.05, 4.69) is 15.6 Å². The standard InChI is InChI=1S/C9H16N4O/c1-13-9(6-11-12-13)5-10-8-3-2-4-14-7-8/h6,8,10H,2-5,7H2,1H3. The van der Waals surface area contributed by atoms with Crippen LogP contribution >= 0.6 is 0 Å². The van der Waals surface area contributed by atoms with Crippen molar-refractivity contribution in [2.75, 3.05) is 13.2 Å². The number of hydrogen-bond donors (Lipinski definition) is 1. The van der Waals surface area contributed by atoms with Crippen LogP contribution in [0.15, 0.2) is 6.20 Å². The average molecular weight is 196 g/mol. The SMILES string of the molecule is Cn1nncc1CNC1CCCOC1. The van der Waals surface area contributed by atoms with Gasteiger partial charge in [0.2, 0.25) is 0 Å². The molecule has 5 nitrogen and oxygen atoms in total. The summed E-state index contributed by atoms with van der Waals surface area (Å²) >= 11 is 0. The van der Waals surface area contributed by atoms with Gasteiger partial charge in [-0.15, -0.1) is 5.10 Å². The summed E-state index contributed by atoms with van der Waals surface area (Å²) in [7, 11) is 1.90. The van der Waals surface area contributed by atoms with E-state index in [4.69, 9.17) is 4.74 Å². The third-order valence-corrected chi connectivity index (χ3v) is 2.54. The molecule has 0 aliphatic carbocycles.